The molecule has 0 saturated heterocycles. The van der Waals surface area contributed by atoms with Gasteiger partial charge in [0, 0.05) is 11.5 Å². The first kappa shape index (κ1) is 13.9. The second-order valence-electron chi connectivity index (χ2n) is 4.57. The van der Waals surface area contributed by atoms with Crippen molar-refractivity contribution in [2.75, 3.05) is 7.11 Å². The van der Waals surface area contributed by atoms with Crippen molar-refractivity contribution in [1.82, 2.24) is 0 Å². The first-order chi connectivity index (χ1) is 10.7. The highest BCUT2D eigenvalue weighted by atomic mass is 16.5. The molecule has 3 rings (SSSR count). The van der Waals surface area contributed by atoms with Crippen LogP contribution in [0.15, 0.2) is 63.8 Å². The zero-order valence-corrected chi connectivity index (χ0v) is 11.7. The van der Waals surface area contributed by atoms with Gasteiger partial charge in [0.15, 0.2) is 0 Å². The molecule has 0 spiro atoms. The number of esters is 1. The monoisotopic (exact) mass is 296 g/mol. The molecule has 110 valence electrons. The van der Waals surface area contributed by atoms with E-state index in [0.717, 1.165) is 0 Å². The van der Waals surface area contributed by atoms with E-state index in [2.05, 4.69) is 0 Å². The van der Waals surface area contributed by atoms with Crippen LogP contribution < -0.4 is 15.1 Å². The number of methoxy groups -OCH3 is 1. The van der Waals surface area contributed by atoms with E-state index in [-0.39, 0.29) is 0 Å². The van der Waals surface area contributed by atoms with Crippen molar-refractivity contribution in [1.29, 1.82) is 0 Å². The zero-order valence-electron chi connectivity index (χ0n) is 11.7. The molecule has 1 aromatic heterocycles. The Kier molecular flexibility index (Phi) is 3.62. The Bertz CT molecular complexity index is 877. The molecule has 0 radical (unpaired) electrons. The summed E-state index contributed by atoms with van der Waals surface area (Å²) in [5.41, 5.74) is 0.438. The molecule has 0 N–H and O–H groups in total. The van der Waals surface area contributed by atoms with Gasteiger partial charge in [-0.05, 0) is 48.5 Å². The van der Waals surface area contributed by atoms with Crippen LogP contribution in [0.2, 0.25) is 0 Å². The molecule has 0 atom stereocenters. The molecule has 0 aliphatic rings. The van der Waals surface area contributed by atoms with Crippen LogP contribution >= 0.6 is 0 Å². The molecule has 0 aliphatic carbocycles. The third-order valence-electron chi connectivity index (χ3n) is 3.13. The van der Waals surface area contributed by atoms with Gasteiger partial charge in [-0.1, -0.05) is 0 Å². The molecule has 22 heavy (non-hydrogen) atoms. The Balaban J connectivity index is 1.83. The topological polar surface area (TPSA) is 65.7 Å². The zero-order chi connectivity index (χ0) is 15.5. The van der Waals surface area contributed by atoms with Crippen molar-refractivity contribution < 1.29 is 18.7 Å². The van der Waals surface area contributed by atoms with Gasteiger partial charge >= 0.3 is 11.6 Å². The van der Waals surface area contributed by atoms with E-state index in [1.165, 1.54) is 6.07 Å². The second-order valence-corrected chi connectivity index (χ2v) is 4.57. The summed E-state index contributed by atoms with van der Waals surface area (Å²) in [7, 11) is 1.56. The number of benzene rings is 2. The van der Waals surface area contributed by atoms with Crippen LogP contribution in [0.5, 0.6) is 11.5 Å². The van der Waals surface area contributed by atoms with Gasteiger partial charge in [-0.2, -0.15) is 0 Å². The van der Waals surface area contributed by atoms with Crippen molar-refractivity contribution in [3.63, 3.8) is 0 Å². The average Bonchev–Trinajstić information content (AvgIpc) is 2.55. The molecule has 1 heterocycles. The summed E-state index contributed by atoms with van der Waals surface area (Å²) < 4.78 is 15.4. The van der Waals surface area contributed by atoms with Crippen LogP contribution in [-0.4, -0.2) is 13.1 Å². The summed E-state index contributed by atoms with van der Waals surface area (Å²) in [6.07, 6.45) is 0. The first-order valence-electron chi connectivity index (χ1n) is 6.56. The van der Waals surface area contributed by atoms with E-state index in [0.29, 0.717) is 28.0 Å². The highest BCUT2D eigenvalue weighted by Crippen LogP contribution is 2.21. The number of rotatable bonds is 3. The minimum Gasteiger partial charge on any atom is -0.497 e. The van der Waals surface area contributed by atoms with Gasteiger partial charge in [-0.25, -0.2) is 9.59 Å². The summed E-state index contributed by atoms with van der Waals surface area (Å²) >= 11 is 0. The number of ether oxygens (including phenoxy) is 2. The summed E-state index contributed by atoms with van der Waals surface area (Å²) in [5.74, 6) is 0.568. The Morgan fingerprint density at radius 2 is 1.68 bits per heavy atom. The fourth-order valence-electron chi connectivity index (χ4n) is 2.01. The van der Waals surface area contributed by atoms with Gasteiger partial charge in [-0.15, -0.1) is 0 Å². The molecule has 0 fully saturated rings. The van der Waals surface area contributed by atoms with E-state index in [9.17, 15) is 9.59 Å². The Morgan fingerprint density at radius 3 is 2.41 bits per heavy atom. The molecule has 0 aliphatic heterocycles. The second kappa shape index (κ2) is 5.73. The fraction of sp³-hybridized carbons (Fsp3) is 0.0588. The maximum atomic E-state index is 12.1. The van der Waals surface area contributed by atoms with Crippen LogP contribution in [-0.2, 0) is 0 Å². The van der Waals surface area contributed by atoms with Crippen LogP contribution in [0.3, 0.4) is 0 Å². The van der Waals surface area contributed by atoms with E-state index in [1.807, 2.05) is 0 Å². The van der Waals surface area contributed by atoms with Crippen molar-refractivity contribution in [3.05, 3.63) is 70.6 Å². The number of carbonyl (C=O) groups excluding carboxylic acids is 1. The lowest BCUT2D eigenvalue weighted by molar-refractivity contribution is 0.0735. The summed E-state index contributed by atoms with van der Waals surface area (Å²) in [4.78, 5) is 23.2. The molecule has 0 unspecified atom stereocenters. The Hall–Kier alpha value is -3.08. The van der Waals surface area contributed by atoms with Crippen molar-refractivity contribution >= 4 is 16.9 Å². The summed E-state index contributed by atoms with van der Waals surface area (Å²) in [6, 6.07) is 14.4. The lowest BCUT2D eigenvalue weighted by atomic mass is 10.2. The van der Waals surface area contributed by atoms with E-state index in [4.69, 9.17) is 13.9 Å². The number of hydrogen-bond acceptors (Lipinski definition) is 5. The third-order valence-corrected chi connectivity index (χ3v) is 3.13. The van der Waals surface area contributed by atoms with Crippen LogP contribution in [0, 0.1) is 0 Å². The van der Waals surface area contributed by atoms with Crippen LogP contribution in [0.1, 0.15) is 10.4 Å². The molecular weight excluding hydrogens is 284 g/mol. The quantitative estimate of drug-likeness (QED) is 0.422. The van der Waals surface area contributed by atoms with Crippen LogP contribution in [0.25, 0.3) is 11.0 Å². The Morgan fingerprint density at radius 1 is 0.955 bits per heavy atom. The molecular formula is C17H12O5. The molecule has 5 nitrogen and oxygen atoms in total. The number of fused-ring (bicyclic) bond motifs is 1. The minimum absolute atomic E-state index is 0.377. The highest BCUT2D eigenvalue weighted by molar-refractivity contribution is 5.91. The van der Waals surface area contributed by atoms with Crippen molar-refractivity contribution in [3.8, 4) is 11.5 Å². The fourth-order valence-corrected chi connectivity index (χ4v) is 2.01. The van der Waals surface area contributed by atoms with Crippen molar-refractivity contribution in [2.45, 2.75) is 0 Å². The van der Waals surface area contributed by atoms with Gasteiger partial charge in [-0.3, -0.25) is 0 Å². The predicted molar refractivity (Wildman–Crippen MR) is 80.4 cm³/mol. The average molecular weight is 296 g/mol. The number of carbonyl (C=O) groups is 1. The molecule has 3 aromatic rings. The minimum atomic E-state index is -0.473. The smallest absolute Gasteiger partial charge is 0.343 e. The molecule has 0 bridgehead atoms. The van der Waals surface area contributed by atoms with Crippen molar-refractivity contribution in [2.24, 2.45) is 0 Å². The third kappa shape index (κ3) is 2.83. The largest absolute Gasteiger partial charge is 0.497 e. The standard InChI is InChI=1S/C17H12O5/c1-20-13-5-2-11(3-6-13)17(19)21-14-7-8-15-12(10-14)4-9-16(18)22-15/h2-10H,1H3. The normalized spacial score (nSPS) is 10.4. The molecule has 0 amide bonds. The van der Waals surface area contributed by atoms with Crippen LogP contribution in [0.4, 0.5) is 0 Å². The summed E-state index contributed by atoms with van der Waals surface area (Å²) in [6.45, 7) is 0. The lowest BCUT2D eigenvalue weighted by Gasteiger charge is -2.06. The molecule has 2 aromatic carbocycles. The maximum absolute atomic E-state index is 12.1. The van der Waals surface area contributed by atoms with E-state index < -0.39 is 11.6 Å². The van der Waals surface area contributed by atoms with Gasteiger partial charge in [0.1, 0.15) is 17.1 Å². The summed E-state index contributed by atoms with van der Waals surface area (Å²) in [5, 5.41) is 0.680. The maximum Gasteiger partial charge on any atom is 0.343 e. The van der Waals surface area contributed by atoms with Gasteiger partial charge in [0.25, 0.3) is 0 Å². The predicted octanol–water partition coefficient (Wildman–Crippen LogP) is 3.02. The van der Waals surface area contributed by atoms with E-state index in [1.54, 1.807) is 55.6 Å². The van der Waals surface area contributed by atoms with E-state index >= 15 is 0 Å². The highest BCUT2D eigenvalue weighted by Gasteiger charge is 2.09. The SMILES string of the molecule is COc1ccc(C(=O)Oc2ccc3oc(=O)ccc3c2)cc1. The lowest BCUT2D eigenvalue weighted by Crippen LogP contribution is -2.08. The van der Waals surface area contributed by atoms with Gasteiger partial charge in [0.05, 0.1) is 12.7 Å². The first-order valence-corrected chi connectivity index (χ1v) is 6.56. The Labute approximate surface area is 125 Å². The number of hydrogen-bond donors (Lipinski definition) is 0. The van der Waals surface area contributed by atoms with Gasteiger partial charge < -0.3 is 13.9 Å². The van der Waals surface area contributed by atoms with Gasteiger partial charge in [0.2, 0.25) is 0 Å². The molecule has 0 saturated carbocycles. The molecule has 5 heteroatoms.